The Morgan fingerprint density at radius 2 is 1.60 bits per heavy atom. The zero-order valence-corrected chi connectivity index (χ0v) is 11.0. The first-order valence-corrected chi connectivity index (χ1v) is 6.04. The van der Waals surface area contributed by atoms with Gasteiger partial charge in [0.2, 0.25) is 0 Å². The van der Waals surface area contributed by atoms with E-state index in [-0.39, 0.29) is 5.82 Å². The molecule has 4 heteroatoms. The van der Waals surface area contributed by atoms with E-state index in [1.54, 1.807) is 24.3 Å². The van der Waals surface area contributed by atoms with Gasteiger partial charge in [-0.05, 0) is 36.4 Å². The lowest BCUT2D eigenvalue weighted by molar-refractivity contribution is 0.607. The lowest BCUT2D eigenvalue weighted by Crippen LogP contribution is -2.17. The van der Waals surface area contributed by atoms with Crippen molar-refractivity contribution in [3.05, 3.63) is 65.0 Å². The average molecular weight is 265 g/mol. The molecule has 0 N–H and O–H groups in total. The zero-order valence-electron chi connectivity index (χ0n) is 11.0. The van der Waals surface area contributed by atoms with Gasteiger partial charge < -0.3 is 4.90 Å². The molecule has 2 aromatic carbocycles. The van der Waals surface area contributed by atoms with Gasteiger partial charge in [-0.25, -0.2) is 4.39 Å². The second-order valence-corrected chi connectivity index (χ2v) is 4.43. The number of rotatable bonds is 3. The quantitative estimate of drug-likeness (QED) is 0.856. The maximum Gasteiger partial charge on any atom is 0.129 e. The molecule has 0 atom stereocenters. The number of nitriles is 2. The van der Waals surface area contributed by atoms with Gasteiger partial charge in [-0.1, -0.05) is 6.07 Å². The van der Waals surface area contributed by atoms with Crippen molar-refractivity contribution in [2.75, 3.05) is 11.9 Å². The summed E-state index contributed by atoms with van der Waals surface area (Å²) in [7, 11) is 1.85. The highest BCUT2D eigenvalue weighted by atomic mass is 19.1. The smallest absolute Gasteiger partial charge is 0.129 e. The Morgan fingerprint density at radius 1 is 1.00 bits per heavy atom. The second kappa shape index (κ2) is 5.86. The monoisotopic (exact) mass is 265 g/mol. The highest BCUT2D eigenvalue weighted by Gasteiger charge is 2.07. The lowest BCUT2D eigenvalue weighted by atomic mass is 10.1. The Labute approximate surface area is 117 Å². The van der Waals surface area contributed by atoms with Crippen LogP contribution in [0.25, 0.3) is 0 Å². The van der Waals surface area contributed by atoms with E-state index in [9.17, 15) is 4.39 Å². The van der Waals surface area contributed by atoms with Gasteiger partial charge in [0.1, 0.15) is 5.82 Å². The van der Waals surface area contributed by atoms with Crippen LogP contribution in [-0.2, 0) is 6.54 Å². The van der Waals surface area contributed by atoms with Gasteiger partial charge in [-0.3, -0.25) is 0 Å². The molecule has 0 saturated heterocycles. The first kappa shape index (κ1) is 13.6. The van der Waals surface area contributed by atoms with Crippen LogP contribution in [0.2, 0.25) is 0 Å². The molecule has 0 heterocycles. The van der Waals surface area contributed by atoms with Crippen molar-refractivity contribution in [2.45, 2.75) is 6.54 Å². The molecule has 0 radical (unpaired) electrons. The third-order valence-electron chi connectivity index (χ3n) is 3.03. The summed E-state index contributed by atoms with van der Waals surface area (Å²) < 4.78 is 13.8. The molecule has 0 bridgehead atoms. The van der Waals surface area contributed by atoms with E-state index in [4.69, 9.17) is 10.5 Å². The van der Waals surface area contributed by atoms with Gasteiger partial charge >= 0.3 is 0 Å². The zero-order chi connectivity index (χ0) is 14.5. The van der Waals surface area contributed by atoms with E-state index in [1.165, 1.54) is 6.07 Å². The van der Waals surface area contributed by atoms with Crippen LogP contribution >= 0.6 is 0 Å². The Balaban J connectivity index is 2.17. The first-order chi connectivity index (χ1) is 9.63. The van der Waals surface area contributed by atoms with Crippen LogP contribution in [0.4, 0.5) is 10.1 Å². The summed E-state index contributed by atoms with van der Waals surface area (Å²) in [5, 5.41) is 17.5. The molecule has 0 spiro atoms. The molecule has 0 aliphatic rings. The molecule has 0 aliphatic carbocycles. The summed E-state index contributed by atoms with van der Waals surface area (Å²) in [5.41, 5.74) is 2.32. The topological polar surface area (TPSA) is 50.8 Å². The Kier molecular flexibility index (Phi) is 3.98. The minimum Gasteiger partial charge on any atom is -0.370 e. The van der Waals surface area contributed by atoms with Crippen LogP contribution < -0.4 is 4.90 Å². The molecule has 0 saturated carbocycles. The summed E-state index contributed by atoms with van der Waals surface area (Å²) in [6, 6.07) is 15.5. The van der Waals surface area contributed by atoms with Crippen LogP contribution in [0.15, 0.2) is 42.5 Å². The van der Waals surface area contributed by atoms with E-state index in [0.717, 1.165) is 5.69 Å². The molecule has 2 aromatic rings. The van der Waals surface area contributed by atoms with E-state index in [2.05, 4.69) is 6.07 Å². The van der Waals surface area contributed by atoms with Gasteiger partial charge in [0, 0.05) is 24.8 Å². The van der Waals surface area contributed by atoms with Crippen molar-refractivity contribution in [3.63, 3.8) is 0 Å². The van der Waals surface area contributed by atoms with Crippen LogP contribution in [-0.4, -0.2) is 7.05 Å². The SMILES string of the molecule is CN(Cc1ccc(C#N)cc1F)c1ccc(C#N)cc1. The van der Waals surface area contributed by atoms with Crippen LogP contribution in [0, 0.1) is 28.5 Å². The summed E-state index contributed by atoms with van der Waals surface area (Å²) in [4.78, 5) is 1.88. The van der Waals surface area contributed by atoms with Crippen molar-refractivity contribution in [2.24, 2.45) is 0 Å². The van der Waals surface area contributed by atoms with Crippen LogP contribution in [0.3, 0.4) is 0 Å². The Hall–Kier alpha value is -2.85. The number of halogens is 1. The predicted molar refractivity (Wildman–Crippen MR) is 74.4 cm³/mol. The number of benzene rings is 2. The molecule has 0 aliphatic heterocycles. The molecule has 0 unspecified atom stereocenters. The van der Waals surface area contributed by atoms with Gasteiger partial charge in [0.25, 0.3) is 0 Å². The fourth-order valence-corrected chi connectivity index (χ4v) is 1.88. The van der Waals surface area contributed by atoms with Crippen molar-refractivity contribution in [1.29, 1.82) is 10.5 Å². The predicted octanol–water partition coefficient (Wildman–Crippen LogP) is 3.21. The van der Waals surface area contributed by atoms with E-state index >= 15 is 0 Å². The summed E-state index contributed by atoms with van der Waals surface area (Å²) in [5.74, 6) is -0.385. The normalized spacial score (nSPS) is 9.60. The van der Waals surface area contributed by atoms with Gasteiger partial charge in [0.05, 0.1) is 23.3 Å². The van der Waals surface area contributed by atoms with Crippen molar-refractivity contribution >= 4 is 5.69 Å². The minimum atomic E-state index is -0.385. The standard InChI is InChI=1S/C16H12FN3/c1-20(15-6-3-12(9-18)4-7-15)11-14-5-2-13(10-19)8-16(14)17/h2-8H,11H2,1H3. The third kappa shape index (κ3) is 2.93. The number of hydrogen-bond acceptors (Lipinski definition) is 3. The number of hydrogen-bond donors (Lipinski definition) is 0. The summed E-state index contributed by atoms with van der Waals surface area (Å²) >= 11 is 0. The van der Waals surface area contributed by atoms with E-state index < -0.39 is 0 Å². The maximum atomic E-state index is 13.8. The number of nitrogens with zero attached hydrogens (tertiary/aromatic N) is 3. The molecular weight excluding hydrogens is 253 g/mol. The highest BCUT2D eigenvalue weighted by Crippen LogP contribution is 2.18. The van der Waals surface area contributed by atoms with Gasteiger partial charge in [-0.2, -0.15) is 10.5 Å². The largest absolute Gasteiger partial charge is 0.370 e. The highest BCUT2D eigenvalue weighted by molar-refractivity contribution is 5.49. The first-order valence-electron chi connectivity index (χ1n) is 6.04. The van der Waals surface area contributed by atoms with Gasteiger partial charge in [0.15, 0.2) is 0 Å². The van der Waals surface area contributed by atoms with Crippen molar-refractivity contribution in [3.8, 4) is 12.1 Å². The van der Waals surface area contributed by atoms with Gasteiger partial charge in [-0.15, -0.1) is 0 Å². The van der Waals surface area contributed by atoms with Crippen LogP contribution in [0.1, 0.15) is 16.7 Å². The molecule has 3 nitrogen and oxygen atoms in total. The molecule has 98 valence electrons. The fraction of sp³-hybridized carbons (Fsp3) is 0.125. The molecular formula is C16H12FN3. The summed E-state index contributed by atoms with van der Waals surface area (Å²) in [6.45, 7) is 0.392. The summed E-state index contributed by atoms with van der Waals surface area (Å²) in [6.07, 6.45) is 0. The minimum absolute atomic E-state index is 0.312. The Morgan fingerprint density at radius 3 is 2.15 bits per heavy atom. The third-order valence-corrected chi connectivity index (χ3v) is 3.03. The Bertz CT molecular complexity index is 693. The average Bonchev–Trinajstić information content (AvgIpc) is 2.49. The van der Waals surface area contributed by atoms with Crippen molar-refractivity contribution in [1.82, 2.24) is 0 Å². The second-order valence-electron chi connectivity index (χ2n) is 4.43. The van der Waals surface area contributed by atoms with Crippen molar-refractivity contribution < 1.29 is 4.39 Å². The molecule has 0 aromatic heterocycles. The van der Waals surface area contributed by atoms with E-state index in [0.29, 0.717) is 23.2 Å². The molecule has 2 rings (SSSR count). The molecule has 0 amide bonds. The number of anilines is 1. The maximum absolute atomic E-state index is 13.8. The molecule has 0 fully saturated rings. The van der Waals surface area contributed by atoms with E-state index in [1.807, 2.05) is 30.1 Å². The lowest BCUT2D eigenvalue weighted by Gasteiger charge is -2.19. The van der Waals surface area contributed by atoms with Crippen LogP contribution in [0.5, 0.6) is 0 Å². The fourth-order valence-electron chi connectivity index (χ4n) is 1.88. The molecule has 20 heavy (non-hydrogen) atoms.